The molecule has 45 heavy (non-hydrogen) atoms. The first-order chi connectivity index (χ1) is 26.9. The van der Waals surface area contributed by atoms with Crippen molar-refractivity contribution in [1.82, 2.24) is 0 Å². The fourth-order valence-electron chi connectivity index (χ4n) is 6.39. The molecule has 0 atom stereocenters. The molecule has 0 spiro atoms. The zero-order chi connectivity index (χ0) is 39.3. The van der Waals surface area contributed by atoms with Crippen LogP contribution in [0.5, 0.6) is 0 Å². The molecule has 0 aliphatic carbocycles. The highest BCUT2D eigenvalue weighted by atomic mass is 16.3. The summed E-state index contributed by atoms with van der Waals surface area (Å²) in [7, 11) is 0. The molecule has 0 aliphatic heterocycles. The molecule has 0 aliphatic rings. The lowest BCUT2D eigenvalue weighted by Gasteiger charge is -2.20. The number of hydrogen-bond donors (Lipinski definition) is 0. The van der Waals surface area contributed by atoms with Crippen LogP contribution in [-0.4, -0.2) is 0 Å². The second-order valence-corrected chi connectivity index (χ2v) is 10.8. The summed E-state index contributed by atoms with van der Waals surface area (Å²) in [5.74, 6) is 0. The number of hydrogen-bond acceptors (Lipinski definition) is 1. The van der Waals surface area contributed by atoms with Crippen LogP contribution >= 0.6 is 0 Å². The maximum atomic E-state index is 9.93. The lowest BCUT2D eigenvalue weighted by atomic mass is 9.83. The van der Waals surface area contributed by atoms with Crippen molar-refractivity contribution in [3.63, 3.8) is 0 Å². The zero-order valence-corrected chi connectivity index (χ0v) is 23.7. The largest absolute Gasteiger partial charge is 0.455 e. The smallest absolute Gasteiger partial charge is 0.143 e. The second kappa shape index (κ2) is 10.4. The first-order valence-electron chi connectivity index (χ1n) is 20.1. The highest BCUT2D eigenvalue weighted by molar-refractivity contribution is 6.23. The summed E-state index contributed by atoms with van der Waals surface area (Å²) in [6, 6.07) is 27.6. The van der Waals surface area contributed by atoms with Gasteiger partial charge in [-0.2, -0.15) is 0 Å². The van der Waals surface area contributed by atoms with Gasteiger partial charge < -0.3 is 4.42 Å². The Morgan fingerprint density at radius 2 is 0.956 bits per heavy atom. The van der Waals surface area contributed by atoms with E-state index in [9.17, 15) is 2.74 Å². The van der Waals surface area contributed by atoms with Gasteiger partial charge in [0, 0.05) is 16.3 Å². The van der Waals surface area contributed by atoms with Crippen molar-refractivity contribution in [3.8, 4) is 44.5 Å². The predicted octanol–water partition coefficient (Wildman–Crippen LogP) is 12.6. The number of rotatable bonds is 4. The van der Waals surface area contributed by atoms with E-state index in [0.29, 0.717) is 16.3 Å². The highest BCUT2D eigenvalue weighted by Crippen LogP contribution is 2.48. The van der Waals surface area contributed by atoms with Crippen molar-refractivity contribution in [1.29, 1.82) is 0 Å². The summed E-state index contributed by atoms with van der Waals surface area (Å²) in [6.07, 6.45) is 0. The summed E-state index contributed by atoms with van der Waals surface area (Å²) >= 11 is 0. The van der Waals surface area contributed by atoms with Gasteiger partial charge in [-0.25, -0.2) is 0 Å². The normalized spacial score (nSPS) is 15.0. The zero-order valence-electron chi connectivity index (χ0n) is 34.7. The second-order valence-electron chi connectivity index (χ2n) is 10.8. The van der Waals surface area contributed by atoms with E-state index in [1.165, 1.54) is 0 Å². The number of benzene rings is 8. The first-order valence-corrected chi connectivity index (χ1v) is 14.6. The minimum absolute atomic E-state index is 0.0460. The Hall–Kier alpha value is -5.92. The van der Waals surface area contributed by atoms with E-state index in [2.05, 4.69) is 24.3 Å². The van der Waals surface area contributed by atoms with E-state index in [0.717, 1.165) is 33.0 Å². The van der Waals surface area contributed by atoms with Crippen LogP contribution in [-0.2, 0) is 0 Å². The van der Waals surface area contributed by atoms with Gasteiger partial charge in [0.15, 0.2) is 0 Å². The van der Waals surface area contributed by atoms with Gasteiger partial charge in [-0.3, -0.25) is 0 Å². The number of fused-ring (bicyclic) bond motifs is 5. The SMILES string of the molecule is [2H]c1c([2H])c([2H])c(-c2c([2H])c(-c3c4ccccc4c(-c4ccccc4-c4ccccc4)c4ccccc34)c([2H])c3c2oc2c([2H])c([2H])c([2H])c([2H])c23)c([2H])c1[2H]. The van der Waals surface area contributed by atoms with Crippen LogP contribution in [0.1, 0.15) is 15.1 Å². The van der Waals surface area contributed by atoms with Crippen LogP contribution in [0.15, 0.2) is 174 Å². The molecule has 8 aromatic carbocycles. The van der Waals surface area contributed by atoms with Crippen molar-refractivity contribution in [2.45, 2.75) is 0 Å². The van der Waals surface area contributed by atoms with Gasteiger partial charge in [0.25, 0.3) is 0 Å². The van der Waals surface area contributed by atoms with Gasteiger partial charge in [-0.05, 0) is 78.6 Å². The van der Waals surface area contributed by atoms with Crippen molar-refractivity contribution < 1.29 is 19.5 Å². The number of furan rings is 1. The van der Waals surface area contributed by atoms with Crippen LogP contribution in [0.25, 0.3) is 88.0 Å². The van der Waals surface area contributed by atoms with Crippen LogP contribution in [0.3, 0.4) is 0 Å². The number of para-hydroxylation sites is 1. The molecule has 0 amide bonds. The molecule has 0 fully saturated rings. The predicted molar refractivity (Wildman–Crippen MR) is 190 cm³/mol. The molecule has 0 saturated heterocycles. The third-order valence-corrected chi connectivity index (χ3v) is 8.27. The van der Waals surface area contributed by atoms with Crippen molar-refractivity contribution >= 4 is 43.5 Å². The average Bonchev–Trinajstić information content (AvgIpc) is 3.63. The molecule has 9 rings (SSSR count). The van der Waals surface area contributed by atoms with E-state index < -0.39 is 54.4 Å². The Kier molecular flexibility index (Phi) is 3.87. The monoisotopic (exact) mass is 583 g/mol. The third-order valence-electron chi connectivity index (χ3n) is 8.27. The van der Waals surface area contributed by atoms with Crippen LogP contribution in [0, 0.1) is 0 Å². The summed E-state index contributed by atoms with van der Waals surface area (Å²) in [5, 5.41) is 2.80. The molecule has 210 valence electrons. The van der Waals surface area contributed by atoms with E-state index in [-0.39, 0.29) is 50.7 Å². The van der Waals surface area contributed by atoms with Gasteiger partial charge in [-0.15, -0.1) is 0 Å². The first kappa shape index (κ1) is 16.8. The molecular weight excluding hydrogens is 544 g/mol. The quantitative estimate of drug-likeness (QED) is 0.188. The summed E-state index contributed by atoms with van der Waals surface area (Å²) in [6.45, 7) is 0. The molecule has 1 heteroatoms. The van der Waals surface area contributed by atoms with E-state index in [1.54, 1.807) is 0 Å². The average molecular weight is 584 g/mol. The third kappa shape index (κ3) is 4.09. The molecule has 0 bridgehead atoms. The molecule has 0 saturated carbocycles. The molecule has 0 unspecified atom stereocenters. The molecule has 1 heterocycles. The summed E-state index contributed by atoms with van der Waals surface area (Å²) < 4.78 is 104. The summed E-state index contributed by atoms with van der Waals surface area (Å²) in [5.41, 5.74) is 3.34. The molecular formula is C44H28O. The lowest BCUT2D eigenvalue weighted by molar-refractivity contribution is 0.670. The van der Waals surface area contributed by atoms with Gasteiger partial charge in [0.05, 0.1) is 15.1 Å². The van der Waals surface area contributed by atoms with Crippen LogP contribution in [0.2, 0.25) is 0 Å². The topological polar surface area (TPSA) is 13.1 Å². The fourth-order valence-corrected chi connectivity index (χ4v) is 6.39. The Morgan fingerprint density at radius 1 is 0.378 bits per heavy atom. The highest BCUT2D eigenvalue weighted by Gasteiger charge is 2.21. The Morgan fingerprint density at radius 3 is 1.67 bits per heavy atom. The van der Waals surface area contributed by atoms with E-state index in [4.69, 9.17) is 16.8 Å². The molecule has 1 aromatic heterocycles. The van der Waals surface area contributed by atoms with E-state index >= 15 is 0 Å². The Balaban J connectivity index is 1.52. The Labute approximate surface area is 277 Å². The Bertz CT molecular complexity index is 3070. The lowest BCUT2D eigenvalue weighted by Crippen LogP contribution is -1.93. The standard InChI is InChI=1S/C44H28O/c1-3-15-29(16-4-1)32-19-7-8-21-34(32)43-37-24-11-9-22-35(37)42(36-23-10-12-25-38(36)43)31-27-39(30-17-5-2-6-18-30)44-40(28-31)33-20-13-14-26-41(33)45-44/h1-28H/i2D,5D,6D,13D,14D,17D,18D,20D,26D,27D,28D. The summed E-state index contributed by atoms with van der Waals surface area (Å²) in [4.78, 5) is 0. The van der Waals surface area contributed by atoms with Gasteiger partial charge in [0.2, 0.25) is 0 Å². The van der Waals surface area contributed by atoms with Gasteiger partial charge in [-0.1, -0.05) is 151 Å². The molecule has 9 aromatic rings. The van der Waals surface area contributed by atoms with Crippen LogP contribution in [0.4, 0.5) is 0 Å². The van der Waals surface area contributed by atoms with Crippen molar-refractivity contribution in [2.24, 2.45) is 0 Å². The molecule has 0 radical (unpaired) electrons. The minimum atomic E-state index is -0.636. The van der Waals surface area contributed by atoms with Gasteiger partial charge in [0.1, 0.15) is 11.2 Å². The van der Waals surface area contributed by atoms with Crippen LogP contribution < -0.4 is 0 Å². The molecule has 1 nitrogen and oxygen atoms in total. The van der Waals surface area contributed by atoms with Gasteiger partial charge >= 0.3 is 0 Å². The maximum Gasteiger partial charge on any atom is 0.143 e. The van der Waals surface area contributed by atoms with Crippen molar-refractivity contribution in [2.75, 3.05) is 0 Å². The van der Waals surface area contributed by atoms with Crippen molar-refractivity contribution in [3.05, 3.63) is 170 Å². The minimum Gasteiger partial charge on any atom is -0.455 e. The van der Waals surface area contributed by atoms with E-state index in [1.807, 2.05) is 78.9 Å². The fraction of sp³-hybridized carbons (Fsp3) is 0. The maximum absolute atomic E-state index is 9.93. The molecule has 0 N–H and O–H groups in total.